The summed E-state index contributed by atoms with van der Waals surface area (Å²) in [6.07, 6.45) is 5.46. The van der Waals surface area contributed by atoms with E-state index in [1.807, 2.05) is 30.3 Å². The molecule has 0 fully saturated rings. The topological polar surface area (TPSA) is 44.9 Å². The molecule has 2 N–H and O–H groups in total. The molecule has 1 aliphatic heterocycles. The van der Waals surface area contributed by atoms with Gasteiger partial charge in [-0.3, -0.25) is 4.79 Å². The van der Waals surface area contributed by atoms with Gasteiger partial charge in [0.25, 0.3) is 5.91 Å². The van der Waals surface area contributed by atoms with Crippen molar-refractivity contribution < 1.29 is 4.79 Å². The molecule has 0 radical (unpaired) electrons. The minimum Gasteiger partial charge on any atom is -0.359 e. The summed E-state index contributed by atoms with van der Waals surface area (Å²) in [5, 5.41) is 2.92. The number of aromatic amines is 1. The van der Waals surface area contributed by atoms with Gasteiger partial charge in [0.15, 0.2) is 0 Å². The number of unbranched alkanes of at least 4 members (excludes halogenated alkanes) is 1. The third-order valence-electron chi connectivity index (χ3n) is 4.41. The van der Waals surface area contributed by atoms with Crippen LogP contribution >= 0.6 is 0 Å². The molecule has 1 aromatic carbocycles. The van der Waals surface area contributed by atoms with Gasteiger partial charge in [-0.25, -0.2) is 0 Å². The fourth-order valence-corrected chi connectivity index (χ4v) is 3.11. The number of benzene rings is 1. The van der Waals surface area contributed by atoms with E-state index in [9.17, 15) is 4.79 Å². The first kappa shape index (κ1) is 14.6. The van der Waals surface area contributed by atoms with Crippen LogP contribution in [0.2, 0.25) is 0 Å². The number of aromatic nitrogens is 1. The Hall–Kier alpha value is -2.29. The van der Waals surface area contributed by atoms with Crippen LogP contribution in [0.15, 0.2) is 24.3 Å². The van der Waals surface area contributed by atoms with E-state index in [0.29, 0.717) is 0 Å². The summed E-state index contributed by atoms with van der Waals surface area (Å²) in [7, 11) is 0. The van der Waals surface area contributed by atoms with Crippen LogP contribution in [0.5, 0.6) is 0 Å². The molecule has 0 aliphatic carbocycles. The van der Waals surface area contributed by atoms with Crippen LogP contribution in [0.4, 0.5) is 5.69 Å². The third-order valence-corrected chi connectivity index (χ3v) is 4.41. The standard InChI is InChI=1S/C19H22N2O/c1-4-5-8-14-12(2)18(20-13(14)3)11-16-15-9-6-7-10-17(15)21-19(16)22/h6-7,9-11,20H,4-5,8H2,1-3H3,(H,21,22)/b16-11-. The molecule has 1 amide bonds. The zero-order chi connectivity index (χ0) is 15.7. The number of para-hydroxylation sites is 1. The van der Waals surface area contributed by atoms with Crippen molar-refractivity contribution in [2.24, 2.45) is 0 Å². The summed E-state index contributed by atoms with van der Waals surface area (Å²) in [6.45, 7) is 6.46. The van der Waals surface area contributed by atoms with Crippen molar-refractivity contribution in [2.45, 2.75) is 40.0 Å². The molecule has 3 rings (SSSR count). The van der Waals surface area contributed by atoms with Crippen molar-refractivity contribution in [2.75, 3.05) is 5.32 Å². The number of hydrogen-bond acceptors (Lipinski definition) is 1. The predicted molar refractivity (Wildman–Crippen MR) is 91.8 cm³/mol. The fourth-order valence-electron chi connectivity index (χ4n) is 3.11. The first-order chi connectivity index (χ1) is 10.6. The molecule has 0 atom stereocenters. The van der Waals surface area contributed by atoms with Crippen LogP contribution < -0.4 is 5.32 Å². The van der Waals surface area contributed by atoms with Gasteiger partial charge in [-0.05, 0) is 50.0 Å². The molecule has 0 unspecified atom stereocenters. The van der Waals surface area contributed by atoms with Gasteiger partial charge in [0.2, 0.25) is 0 Å². The van der Waals surface area contributed by atoms with Crippen LogP contribution in [0, 0.1) is 13.8 Å². The second-order valence-corrected chi connectivity index (χ2v) is 5.93. The van der Waals surface area contributed by atoms with E-state index in [4.69, 9.17) is 0 Å². The highest BCUT2D eigenvalue weighted by atomic mass is 16.2. The zero-order valence-corrected chi connectivity index (χ0v) is 13.4. The first-order valence-corrected chi connectivity index (χ1v) is 7.92. The minimum atomic E-state index is -0.0250. The predicted octanol–water partition coefficient (Wildman–Crippen LogP) is 4.47. The van der Waals surface area contributed by atoms with E-state index in [-0.39, 0.29) is 5.91 Å². The molecule has 0 spiro atoms. The number of anilines is 1. The molecule has 0 bridgehead atoms. The third kappa shape index (κ3) is 2.47. The number of rotatable bonds is 4. The lowest BCUT2D eigenvalue weighted by Gasteiger charge is -2.01. The number of H-pyrrole nitrogens is 1. The Morgan fingerprint density at radius 1 is 1.18 bits per heavy atom. The van der Waals surface area contributed by atoms with Crippen molar-refractivity contribution in [3.63, 3.8) is 0 Å². The zero-order valence-electron chi connectivity index (χ0n) is 13.4. The molecular formula is C19H22N2O. The molecule has 114 valence electrons. The Morgan fingerprint density at radius 2 is 1.95 bits per heavy atom. The lowest BCUT2D eigenvalue weighted by Crippen LogP contribution is -2.03. The molecule has 2 aromatic rings. The Kier molecular flexibility index (Phi) is 3.88. The molecule has 3 nitrogen and oxygen atoms in total. The Balaban J connectivity index is 2.01. The Morgan fingerprint density at radius 3 is 2.73 bits per heavy atom. The highest BCUT2D eigenvalue weighted by Gasteiger charge is 2.24. The normalized spacial score (nSPS) is 15.2. The van der Waals surface area contributed by atoms with Crippen molar-refractivity contribution >= 4 is 23.2 Å². The molecular weight excluding hydrogens is 272 g/mol. The van der Waals surface area contributed by atoms with E-state index in [0.717, 1.165) is 28.9 Å². The van der Waals surface area contributed by atoms with Gasteiger partial charge < -0.3 is 10.3 Å². The van der Waals surface area contributed by atoms with Crippen LogP contribution in [-0.2, 0) is 11.2 Å². The molecule has 1 aliphatic rings. The van der Waals surface area contributed by atoms with Crippen LogP contribution in [0.3, 0.4) is 0 Å². The van der Waals surface area contributed by atoms with Gasteiger partial charge in [-0.1, -0.05) is 31.5 Å². The second kappa shape index (κ2) is 5.84. The van der Waals surface area contributed by atoms with E-state index in [1.54, 1.807) is 0 Å². The monoisotopic (exact) mass is 294 g/mol. The summed E-state index contributed by atoms with van der Waals surface area (Å²) in [5.74, 6) is -0.0250. The van der Waals surface area contributed by atoms with Gasteiger partial charge in [0.05, 0.1) is 5.57 Å². The quantitative estimate of drug-likeness (QED) is 0.803. The average molecular weight is 294 g/mol. The maximum absolute atomic E-state index is 12.2. The molecule has 3 heteroatoms. The van der Waals surface area contributed by atoms with Gasteiger partial charge >= 0.3 is 0 Å². The lowest BCUT2D eigenvalue weighted by atomic mass is 10.0. The fraction of sp³-hybridized carbons (Fsp3) is 0.316. The average Bonchev–Trinajstić information content (AvgIpc) is 2.96. The Bertz CT molecular complexity index is 753. The number of nitrogens with one attached hydrogen (secondary N) is 2. The van der Waals surface area contributed by atoms with Gasteiger partial charge in [0.1, 0.15) is 0 Å². The summed E-state index contributed by atoms with van der Waals surface area (Å²) in [5.41, 5.74) is 7.52. The number of carbonyl (C=O) groups excluding carboxylic acids is 1. The summed E-state index contributed by atoms with van der Waals surface area (Å²) >= 11 is 0. The van der Waals surface area contributed by atoms with E-state index in [2.05, 4.69) is 31.1 Å². The van der Waals surface area contributed by atoms with Gasteiger partial charge in [0, 0.05) is 22.6 Å². The van der Waals surface area contributed by atoms with Crippen molar-refractivity contribution in [1.82, 2.24) is 4.98 Å². The molecule has 1 aromatic heterocycles. The second-order valence-electron chi connectivity index (χ2n) is 5.93. The summed E-state index contributed by atoms with van der Waals surface area (Å²) < 4.78 is 0. The molecule has 2 heterocycles. The van der Waals surface area contributed by atoms with Gasteiger partial charge in [-0.15, -0.1) is 0 Å². The smallest absolute Gasteiger partial charge is 0.256 e. The van der Waals surface area contributed by atoms with Gasteiger partial charge in [-0.2, -0.15) is 0 Å². The maximum Gasteiger partial charge on any atom is 0.256 e. The summed E-state index contributed by atoms with van der Waals surface area (Å²) in [4.78, 5) is 15.7. The SMILES string of the molecule is CCCCc1c(C)[nH]c(/C=C2\C(=O)Nc3ccccc32)c1C. The Labute approximate surface area is 131 Å². The first-order valence-electron chi connectivity index (χ1n) is 7.92. The van der Waals surface area contributed by atoms with Crippen LogP contribution in [0.1, 0.15) is 47.8 Å². The molecule has 0 saturated carbocycles. The van der Waals surface area contributed by atoms with Crippen molar-refractivity contribution in [3.8, 4) is 0 Å². The number of aryl methyl sites for hydroxylation is 1. The highest BCUT2D eigenvalue weighted by Crippen LogP contribution is 2.33. The number of hydrogen-bond donors (Lipinski definition) is 2. The lowest BCUT2D eigenvalue weighted by molar-refractivity contribution is -0.110. The van der Waals surface area contributed by atoms with Crippen molar-refractivity contribution in [3.05, 3.63) is 52.3 Å². The molecule has 0 saturated heterocycles. The minimum absolute atomic E-state index is 0.0250. The van der Waals surface area contributed by atoms with E-state index < -0.39 is 0 Å². The highest BCUT2D eigenvalue weighted by molar-refractivity contribution is 6.34. The number of amides is 1. The number of carbonyl (C=O) groups is 1. The van der Waals surface area contributed by atoms with Crippen LogP contribution in [0.25, 0.3) is 11.6 Å². The van der Waals surface area contributed by atoms with Crippen molar-refractivity contribution in [1.29, 1.82) is 0 Å². The molecule has 22 heavy (non-hydrogen) atoms. The van der Waals surface area contributed by atoms with Crippen LogP contribution in [-0.4, -0.2) is 10.9 Å². The summed E-state index contributed by atoms with van der Waals surface area (Å²) in [6, 6.07) is 7.83. The largest absolute Gasteiger partial charge is 0.359 e. The maximum atomic E-state index is 12.2. The number of fused-ring (bicyclic) bond motifs is 1. The van der Waals surface area contributed by atoms with E-state index >= 15 is 0 Å². The van der Waals surface area contributed by atoms with E-state index in [1.165, 1.54) is 29.7 Å².